The van der Waals surface area contributed by atoms with Gasteiger partial charge in [0.25, 0.3) is 0 Å². The number of para-hydroxylation sites is 2. The maximum atomic E-state index is 14.0. The first-order chi connectivity index (χ1) is 14.5. The van der Waals surface area contributed by atoms with Crippen LogP contribution in [0.1, 0.15) is 29.2 Å². The summed E-state index contributed by atoms with van der Waals surface area (Å²) in [7, 11) is -3.15. The van der Waals surface area contributed by atoms with E-state index in [4.69, 9.17) is 9.15 Å². The van der Waals surface area contributed by atoms with Gasteiger partial charge in [-0.2, -0.15) is 0 Å². The molecule has 0 unspecified atom stereocenters. The van der Waals surface area contributed by atoms with Gasteiger partial charge in [0, 0.05) is 17.2 Å². The first kappa shape index (κ1) is 18.9. The van der Waals surface area contributed by atoms with E-state index in [1.165, 1.54) is 0 Å². The van der Waals surface area contributed by atoms with Crippen molar-refractivity contribution in [3.05, 3.63) is 83.8 Å². The zero-order valence-electron chi connectivity index (χ0n) is 16.2. The van der Waals surface area contributed by atoms with E-state index in [9.17, 15) is 13.2 Å². The molecule has 0 N–H and O–H groups in total. The first-order valence-corrected chi connectivity index (χ1v) is 11.7. The predicted octanol–water partition coefficient (Wildman–Crippen LogP) is 3.73. The van der Waals surface area contributed by atoms with E-state index in [0.717, 1.165) is 11.1 Å². The molecule has 6 nitrogen and oxygen atoms in total. The molecule has 1 amide bonds. The highest BCUT2D eigenvalue weighted by Gasteiger charge is 2.41. The normalized spacial score (nSPS) is 19.5. The van der Waals surface area contributed by atoms with Gasteiger partial charge < -0.3 is 14.1 Å². The largest absolute Gasteiger partial charge is 0.467 e. The molecule has 5 rings (SSSR count). The second kappa shape index (κ2) is 7.32. The molecule has 3 aromatic rings. The third-order valence-corrected chi connectivity index (χ3v) is 7.52. The molecule has 1 atom stereocenters. The third-order valence-electron chi connectivity index (χ3n) is 5.77. The minimum Gasteiger partial charge on any atom is -0.467 e. The lowest BCUT2D eigenvalue weighted by Gasteiger charge is -2.34. The van der Waals surface area contributed by atoms with Gasteiger partial charge in [-0.25, -0.2) is 8.42 Å². The third kappa shape index (κ3) is 3.39. The number of carbonyl (C=O) groups excluding carboxylic acids is 1. The van der Waals surface area contributed by atoms with Crippen LogP contribution in [0.4, 0.5) is 0 Å². The summed E-state index contributed by atoms with van der Waals surface area (Å²) in [6.45, 7) is 0.230. The monoisotopic (exact) mass is 423 g/mol. The number of fused-ring (bicyclic) bond motifs is 2. The Hall–Kier alpha value is -3.06. The zero-order valence-corrected chi connectivity index (χ0v) is 17.0. The van der Waals surface area contributed by atoms with Crippen LogP contribution >= 0.6 is 0 Å². The summed E-state index contributed by atoms with van der Waals surface area (Å²) in [6.07, 6.45) is 1.99. The van der Waals surface area contributed by atoms with Crippen LogP contribution in [-0.2, 0) is 21.2 Å². The van der Waals surface area contributed by atoms with Crippen molar-refractivity contribution in [1.29, 1.82) is 0 Å². The molecule has 7 heteroatoms. The molecule has 2 aliphatic heterocycles. The molecule has 2 aliphatic rings. The number of amides is 1. The van der Waals surface area contributed by atoms with Crippen LogP contribution in [0.3, 0.4) is 0 Å². The number of carbonyl (C=O) groups is 1. The summed E-state index contributed by atoms with van der Waals surface area (Å²) in [5.74, 6) is 1.28. The predicted molar refractivity (Wildman–Crippen MR) is 111 cm³/mol. The van der Waals surface area contributed by atoms with E-state index in [1.54, 1.807) is 23.3 Å². The zero-order chi connectivity index (χ0) is 20.7. The molecule has 0 spiro atoms. The summed E-state index contributed by atoms with van der Waals surface area (Å²) in [5, 5.41) is 0. The van der Waals surface area contributed by atoms with E-state index in [1.807, 2.05) is 48.5 Å². The molecule has 30 heavy (non-hydrogen) atoms. The van der Waals surface area contributed by atoms with Gasteiger partial charge in [0.15, 0.2) is 9.84 Å². The fourth-order valence-electron chi connectivity index (χ4n) is 4.32. The highest BCUT2D eigenvalue weighted by atomic mass is 32.2. The van der Waals surface area contributed by atoms with Crippen LogP contribution in [0.5, 0.6) is 11.5 Å². The van der Waals surface area contributed by atoms with Crippen molar-refractivity contribution in [1.82, 2.24) is 4.90 Å². The standard InChI is InChI=1S/C23H21NO5S/c25-23(24(14-17-6-5-12-28-17)16-11-13-30(26,27)15-16)22-18-7-1-3-9-20(18)29-21-10-4-2-8-19(21)22/h1-10,12,16,22H,11,13-15H2/t16-/m0/s1. The van der Waals surface area contributed by atoms with E-state index in [-0.39, 0.29) is 30.0 Å². The highest BCUT2D eigenvalue weighted by molar-refractivity contribution is 7.91. The molecule has 0 saturated carbocycles. The molecule has 154 valence electrons. The maximum absolute atomic E-state index is 14.0. The number of sulfone groups is 1. The Bertz CT molecular complexity index is 1140. The van der Waals surface area contributed by atoms with E-state index in [0.29, 0.717) is 23.7 Å². The molecule has 0 radical (unpaired) electrons. The number of ether oxygens (including phenoxy) is 1. The van der Waals surface area contributed by atoms with Gasteiger partial charge in [-0.15, -0.1) is 0 Å². The maximum Gasteiger partial charge on any atom is 0.235 e. The number of rotatable bonds is 4. The van der Waals surface area contributed by atoms with Crippen LogP contribution in [0.15, 0.2) is 71.3 Å². The van der Waals surface area contributed by atoms with Gasteiger partial charge in [-0.1, -0.05) is 36.4 Å². The van der Waals surface area contributed by atoms with E-state index < -0.39 is 15.8 Å². The van der Waals surface area contributed by atoms with Gasteiger partial charge in [0.1, 0.15) is 17.3 Å². The highest BCUT2D eigenvalue weighted by Crippen LogP contribution is 2.45. The fourth-order valence-corrected chi connectivity index (χ4v) is 6.05. The number of furan rings is 1. The van der Waals surface area contributed by atoms with Crippen molar-refractivity contribution < 1.29 is 22.4 Å². The van der Waals surface area contributed by atoms with Gasteiger partial charge in [0.2, 0.25) is 5.91 Å². The van der Waals surface area contributed by atoms with Gasteiger partial charge in [-0.3, -0.25) is 4.79 Å². The van der Waals surface area contributed by atoms with Crippen molar-refractivity contribution in [2.45, 2.75) is 24.9 Å². The number of benzene rings is 2. The summed E-state index contributed by atoms with van der Waals surface area (Å²) < 4.78 is 35.8. The van der Waals surface area contributed by atoms with Crippen molar-refractivity contribution in [3.63, 3.8) is 0 Å². The Morgan fingerprint density at radius 3 is 2.20 bits per heavy atom. The van der Waals surface area contributed by atoms with Crippen LogP contribution in [-0.4, -0.2) is 36.8 Å². The minimum absolute atomic E-state index is 0.0219. The molecular formula is C23H21NO5S. The molecule has 0 bridgehead atoms. The Kier molecular flexibility index (Phi) is 4.62. The Balaban J connectivity index is 1.58. The van der Waals surface area contributed by atoms with Crippen LogP contribution in [0, 0.1) is 0 Å². The lowest BCUT2D eigenvalue weighted by atomic mass is 9.86. The van der Waals surface area contributed by atoms with Crippen LogP contribution < -0.4 is 4.74 Å². The van der Waals surface area contributed by atoms with Gasteiger partial charge in [-0.05, 0) is 30.7 Å². The van der Waals surface area contributed by atoms with Crippen molar-refractivity contribution in [3.8, 4) is 11.5 Å². The number of hydrogen-bond acceptors (Lipinski definition) is 5. The fraction of sp³-hybridized carbons (Fsp3) is 0.261. The van der Waals surface area contributed by atoms with Crippen molar-refractivity contribution in [2.24, 2.45) is 0 Å². The average molecular weight is 423 g/mol. The Labute approximate surface area is 175 Å². The topological polar surface area (TPSA) is 76.8 Å². The second-order valence-electron chi connectivity index (χ2n) is 7.71. The average Bonchev–Trinajstić information content (AvgIpc) is 3.38. The van der Waals surface area contributed by atoms with Gasteiger partial charge >= 0.3 is 0 Å². The van der Waals surface area contributed by atoms with Crippen molar-refractivity contribution >= 4 is 15.7 Å². The molecular weight excluding hydrogens is 402 g/mol. The Morgan fingerprint density at radius 1 is 0.967 bits per heavy atom. The molecule has 3 heterocycles. The lowest BCUT2D eigenvalue weighted by Crippen LogP contribution is -2.43. The van der Waals surface area contributed by atoms with Gasteiger partial charge in [0.05, 0.1) is 30.2 Å². The summed E-state index contributed by atoms with van der Waals surface area (Å²) in [4.78, 5) is 15.7. The van der Waals surface area contributed by atoms with E-state index >= 15 is 0 Å². The number of hydrogen-bond donors (Lipinski definition) is 0. The second-order valence-corrected chi connectivity index (χ2v) is 9.94. The van der Waals surface area contributed by atoms with Crippen molar-refractivity contribution in [2.75, 3.05) is 11.5 Å². The lowest BCUT2D eigenvalue weighted by molar-refractivity contribution is -0.134. The Morgan fingerprint density at radius 2 is 1.63 bits per heavy atom. The summed E-state index contributed by atoms with van der Waals surface area (Å²) in [6, 6.07) is 18.2. The first-order valence-electron chi connectivity index (χ1n) is 9.91. The molecule has 2 aromatic carbocycles. The molecule has 1 aromatic heterocycles. The summed E-state index contributed by atoms with van der Waals surface area (Å²) in [5.41, 5.74) is 1.57. The number of nitrogens with zero attached hydrogens (tertiary/aromatic N) is 1. The molecule has 0 aliphatic carbocycles. The summed E-state index contributed by atoms with van der Waals surface area (Å²) >= 11 is 0. The smallest absolute Gasteiger partial charge is 0.235 e. The molecule has 1 saturated heterocycles. The minimum atomic E-state index is -3.15. The molecule has 1 fully saturated rings. The van der Waals surface area contributed by atoms with Crippen LogP contribution in [0.2, 0.25) is 0 Å². The van der Waals surface area contributed by atoms with Crippen LogP contribution in [0.25, 0.3) is 0 Å². The SMILES string of the molecule is O=C(C1c2ccccc2Oc2ccccc21)N(Cc1ccco1)[C@H]1CCS(=O)(=O)C1. The quantitative estimate of drug-likeness (QED) is 0.639. The van der Waals surface area contributed by atoms with E-state index in [2.05, 4.69) is 0 Å².